The second kappa shape index (κ2) is 8.67. The van der Waals surface area contributed by atoms with Gasteiger partial charge >= 0.3 is 0 Å². The standard InChI is InChI=1S/C18H28N2O4S/c1-14(2)12-18(21)19-16-13-15(8-9-17(16)24-3)25(22,23)20-10-6-4-5-7-11-20/h8-9,13-14H,4-7,10-12H2,1-3H3,(H,19,21). The van der Waals surface area contributed by atoms with Crippen LogP contribution < -0.4 is 10.1 Å². The summed E-state index contributed by atoms with van der Waals surface area (Å²) in [7, 11) is -2.07. The van der Waals surface area contributed by atoms with Crippen LogP contribution in [0.1, 0.15) is 46.0 Å². The van der Waals surface area contributed by atoms with E-state index in [1.54, 1.807) is 10.4 Å². The third-order valence-corrected chi connectivity index (χ3v) is 6.14. The molecule has 0 atom stereocenters. The van der Waals surface area contributed by atoms with Gasteiger partial charge in [0.2, 0.25) is 15.9 Å². The SMILES string of the molecule is COc1ccc(S(=O)(=O)N2CCCCCC2)cc1NC(=O)CC(C)C. The molecule has 0 aromatic heterocycles. The van der Waals surface area contributed by atoms with Gasteiger partial charge in [-0.2, -0.15) is 4.31 Å². The van der Waals surface area contributed by atoms with Crippen LogP contribution in [0.2, 0.25) is 0 Å². The molecule has 1 saturated heterocycles. The minimum absolute atomic E-state index is 0.155. The summed E-state index contributed by atoms with van der Waals surface area (Å²) >= 11 is 0. The Kier molecular flexibility index (Phi) is 6.84. The van der Waals surface area contributed by atoms with E-state index in [0.717, 1.165) is 25.7 Å². The van der Waals surface area contributed by atoms with E-state index in [2.05, 4.69) is 5.32 Å². The molecule has 0 spiro atoms. The molecule has 6 nitrogen and oxygen atoms in total. The molecule has 1 amide bonds. The third-order valence-electron chi connectivity index (χ3n) is 4.24. The molecule has 1 N–H and O–H groups in total. The van der Waals surface area contributed by atoms with Crippen LogP contribution in [-0.4, -0.2) is 38.8 Å². The number of hydrogen-bond acceptors (Lipinski definition) is 4. The van der Waals surface area contributed by atoms with Crippen molar-refractivity contribution in [3.63, 3.8) is 0 Å². The van der Waals surface area contributed by atoms with Gasteiger partial charge in [-0.25, -0.2) is 8.42 Å². The summed E-state index contributed by atoms with van der Waals surface area (Å²) in [6, 6.07) is 4.63. The van der Waals surface area contributed by atoms with Gasteiger partial charge in [-0.05, 0) is 37.0 Å². The zero-order valence-electron chi connectivity index (χ0n) is 15.2. The number of carbonyl (C=O) groups excluding carboxylic acids is 1. The molecule has 1 aliphatic heterocycles. The lowest BCUT2D eigenvalue weighted by molar-refractivity contribution is -0.116. The van der Waals surface area contributed by atoms with Crippen LogP contribution in [0.5, 0.6) is 5.75 Å². The van der Waals surface area contributed by atoms with Gasteiger partial charge in [0.05, 0.1) is 17.7 Å². The highest BCUT2D eigenvalue weighted by Crippen LogP contribution is 2.30. The van der Waals surface area contributed by atoms with Crippen molar-refractivity contribution >= 4 is 21.6 Å². The second-order valence-electron chi connectivity index (χ2n) is 6.83. The molecule has 1 aromatic rings. The largest absolute Gasteiger partial charge is 0.495 e. The summed E-state index contributed by atoms with van der Waals surface area (Å²) in [5, 5.41) is 2.77. The van der Waals surface area contributed by atoms with Crippen molar-refractivity contribution in [1.29, 1.82) is 0 Å². The predicted molar refractivity (Wildman–Crippen MR) is 98.3 cm³/mol. The van der Waals surface area contributed by atoms with E-state index in [-0.39, 0.29) is 16.7 Å². The molecule has 0 unspecified atom stereocenters. The normalized spacial score (nSPS) is 16.5. The number of sulfonamides is 1. The first-order valence-corrected chi connectivity index (χ1v) is 10.3. The van der Waals surface area contributed by atoms with E-state index in [0.29, 0.717) is 30.9 Å². The van der Waals surface area contributed by atoms with Crippen LogP contribution >= 0.6 is 0 Å². The van der Waals surface area contributed by atoms with Crippen molar-refractivity contribution in [2.75, 3.05) is 25.5 Å². The van der Waals surface area contributed by atoms with Crippen molar-refractivity contribution in [3.8, 4) is 5.75 Å². The van der Waals surface area contributed by atoms with Gasteiger partial charge in [0.25, 0.3) is 0 Å². The summed E-state index contributed by atoms with van der Waals surface area (Å²) in [5.41, 5.74) is 0.393. The quantitative estimate of drug-likeness (QED) is 0.836. The monoisotopic (exact) mass is 368 g/mol. The lowest BCUT2D eigenvalue weighted by Crippen LogP contribution is -2.32. The molecule has 2 rings (SSSR count). The number of ether oxygens (including phenoxy) is 1. The van der Waals surface area contributed by atoms with Crippen LogP contribution in [-0.2, 0) is 14.8 Å². The predicted octanol–water partition coefficient (Wildman–Crippen LogP) is 3.24. The molecule has 140 valence electrons. The van der Waals surface area contributed by atoms with E-state index in [4.69, 9.17) is 4.74 Å². The van der Waals surface area contributed by atoms with Gasteiger partial charge in [-0.3, -0.25) is 4.79 Å². The Bertz CT molecular complexity index is 693. The summed E-state index contributed by atoms with van der Waals surface area (Å²) in [6.45, 7) is 5.00. The highest BCUT2D eigenvalue weighted by Gasteiger charge is 2.26. The zero-order valence-corrected chi connectivity index (χ0v) is 16.1. The Morgan fingerprint density at radius 2 is 1.84 bits per heavy atom. The average molecular weight is 368 g/mol. The minimum Gasteiger partial charge on any atom is -0.495 e. The molecule has 0 bridgehead atoms. The summed E-state index contributed by atoms with van der Waals surface area (Å²) in [5.74, 6) is 0.513. The summed E-state index contributed by atoms with van der Waals surface area (Å²) in [4.78, 5) is 12.3. The molecule has 0 aliphatic carbocycles. The van der Waals surface area contributed by atoms with Gasteiger partial charge < -0.3 is 10.1 Å². The van der Waals surface area contributed by atoms with Crippen molar-refractivity contribution < 1.29 is 17.9 Å². The number of hydrogen-bond donors (Lipinski definition) is 1. The van der Waals surface area contributed by atoms with E-state index in [1.807, 2.05) is 13.8 Å². The van der Waals surface area contributed by atoms with Crippen LogP contribution in [0.4, 0.5) is 5.69 Å². The van der Waals surface area contributed by atoms with E-state index >= 15 is 0 Å². The Morgan fingerprint density at radius 3 is 2.40 bits per heavy atom. The molecule has 1 fully saturated rings. The fourth-order valence-electron chi connectivity index (χ4n) is 2.95. The third kappa shape index (κ3) is 5.19. The lowest BCUT2D eigenvalue weighted by Gasteiger charge is -2.21. The minimum atomic E-state index is -3.57. The summed E-state index contributed by atoms with van der Waals surface area (Å²) < 4.78 is 32.7. The molecule has 25 heavy (non-hydrogen) atoms. The van der Waals surface area contributed by atoms with Gasteiger partial charge in [0, 0.05) is 19.5 Å². The maximum atomic E-state index is 12.9. The lowest BCUT2D eigenvalue weighted by atomic mass is 10.1. The van der Waals surface area contributed by atoms with Crippen molar-refractivity contribution in [3.05, 3.63) is 18.2 Å². The Hall–Kier alpha value is -1.60. The molecule has 0 radical (unpaired) electrons. The van der Waals surface area contributed by atoms with Gasteiger partial charge in [-0.1, -0.05) is 26.7 Å². The molecule has 0 saturated carbocycles. The number of nitrogens with one attached hydrogen (secondary N) is 1. The fourth-order valence-corrected chi connectivity index (χ4v) is 4.49. The first kappa shape index (κ1) is 19.7. The van der Waals surface area contributed by atoms with E-state index in [1.165, 1.54) is 19.2 Å². The van der Waals surface area contributed by atoms with Crippen LogP contribution in [0.15, 0.2) is 23.1 Å². The number of carbonyl (C=O) groups is 1. The highest BCUT2D eigenvalue weighted by atomic mass is 32.2. The molecule has 1 heterocycles. The number of anilines is 1. The summed E-state index contributed by atoms with van der Waals surface area (Å²) in [6.07, 6.45) is 4.25. The molecule has 1 aliphatic rings. The Balaban J connectivity index is 2.29. The second-order valence-corrected chi connectivity index (χ2v) is 8.76. The van der Waals surface area contributed by atoms with Crippen molar-refractivity contribution in [1.82, 2.24) is 4.31 Å². The fraction of sp³-hybridized carbons (Fsp3) is 0.611. The Morgan fingerprint density at radius 1 is 1.20 bits per heavy atom. The van der Waals surface area contributed by atoms with E-state index in [9.17, 15) is 13.2 Å². The van der Waals surface area contributed by atoms with Crippen LogP contribution in [0.25, 0.3) is 0 Å². The number of nitrogens with zero attached hydrogens (tertiary/aromatic N) is 1. The number of amides is 1. The molecular weight excluding hydrogens is 340 g/mol. The van der Waals surface area contributed by atoms with Crippen molar-refractivity contribution in [2.24, 2.45) is 5.92 Å². The van der Waals surface area contributed by atoms with E-state index < -0.39 is 10.0 Å². The number of rotatable bonds is 6. The molecular formula is C18H28N2O4S. The highest BCUT2D eigenvalue weighted by molar-refractivity contribution is 7.89. The maximum absolute atomic E-state index is 12.9. The molecule has 1 aromatic carbocycles. The first-order valence-electron chi connectivity index (χ1n) is 8.82. The van der Waals surface area contributed by atoms with Crippen LogP contribution in [0, 0.1) is 5.92 Å². The van der Waals surface area contributed by atoms with Gasteiger partial charge in [-0.15, -0.1) is 0 Å². The first-order chi connectivity index (χ1) is 11.8. The topological polar surface area (TPSA) is 75.7 Å². The average Bonchev–Trinajstić information content (AvgIpc) is 2.83. The van der Waals surface area contributed by atoms with Gasteiger partial charge in [0.1, 0.15) is 5.75 Å². The zero-order chi connectivity index (χ0) is 18.4. The van der Waals surface area contributed by atoms with Gasteiger partial charge in [0.15, 0.2) is 0 Å². The number of benzene rings is 1. The number of methoxy groups -OCH3 is 1. The van der Waals surface area contributed by atoms with Crippen LogP contribution in [0.3, 0.4) is 0 Å². The smallest absolute Gasteiger partial charge is 0.243 e. The maximum Gasteiger partial charge on any atom is 0.243 e. The molecule has 7 heteroatoms. The van der Waals surface area contributed by atoms with Crippen molar-refractivity contribution in [2.45, 2.75) is 50.8 Å². The Labute approximate surface area is 150 Å².